The van der Waals surface area contributed by atoms with E-state index in [1.165, 1.54) is 10.9 Å². The van der Waals surface area contributed by atoms with Crippen molar-refractivity contribution in [3.8, 4) is 0 Å². The SMILES string of the molecule is CCC1CCN(C(=O)Cn2cc(C(=O)O)nn2)C1. The van der Waals surface area contributed by atoms with Crippen molar-refractivity contribution in [1.29, 1.82) is 0 Å². The number of carbonyl (C=O) groups excluding carboxylic acids is 1. The van der Waals surface area contributed by atoms with E-state index < -0.39 is 5.97 Å². The van der Waals surface area contributed by atoms with Gasteiger partial charge >= 0.3 is 5.97 Å². The predicted molar refractivity (Wildman–Crippen MR) is 62.0 cm³/mol. The number of nitrogens with zero attached hydrogens (tertiary/aromatic N) is 4. The molecule has 1 aliphatic heterocycles. The summed E-state index contributed by atoms with van der Waals surface area (Å²) in [5, 5.41) is 15.8. The number of hydrogen-bond acceptors (Lipinski definition) is 4. The van der Waals surface area contributed by atoms with E-state index in [4.69, 9.17) is 5.11 Å². The van der Waals surface area contributed by atoms with Crippen molar-refractivity contribution in [3.63, 3.8) is 0 Å². The highest BCUT2D eigenvalue weighted by Crippen LogP contribution is 2.19. The number of carboxylic acids is 1. The second-order valence-electron chi connectivity index (χ2n) is 4.51. The summed E-state index contributed by atoms with van der Waals surface area (Å²) in [5.41, 5.74) is -0.143. The van der Waals surface area contributed by atoms with Crippen LogP contribution >= 0.6 is 0 Å². The summed E-state index contributed by atoms with van der Waals surface area (Å²) in [5.74, 6) is -0.590. The van der Waals surface area contributed by atoms with E-state index in [0.29, 0.717) is 5.92 Å². The molecule has 1 saturated heterocycles. The van der Waals surface area contributed by atoms with Crippen LogP contribution < -0.4 is 0 Å². The Morgan fingerprint density at radius 1 is 1.56 bits per heavy atom. The van der Waals surface area contributed by atoms with Crippen LogP contribution in [0.5, 0.6) is 0 Å². The third kappa shape index (κ3) is 2.66. The molecule has 1 aromatic heterocycles. The molecule has 7 nitrogen and oxygen atoms in total. The van der Waals surface area contributed by atoms with Crippen LogP contribution in [0.25, 0.3) is 0 Å². The molecule has 1 atom stereocenters. The van der Waals surface area contributed by atoms with Gasteiger partial charge in [-0.3, -0.25) is 4.79 Å². The molecule has 2 heterocycles. The number of rotatable bonds is 4. The number of likely N-dealkylation sites (tertiary alicyclic amines) is 1. The molecule has 0 spiro atoms. The van der Waals surface area contributed by atoms with Gasteiger partial charge in [0.25, 0.3) is 0 Å². The molecule has 1 aliphatic rings. The summed E-state index contributed by atoms with van der Waals surface area (Å²) in [7, 11) is 0. The van der Waals surface area contributed by atoms with Crippen molar-refractivity contribution in [2.75, 3.05) is 13.1 Å². The maximum Gasteiger partial charge on any atom is 0.358 e. The van der Waals surface area contributed by atoms with E-state index in [0.717, 1.165) is 25.9 Å². The van der Waals surface area contributed by atoms with Gasteiger partial charge < -0.3 is 10.0 Å². The van der Waals surface area contributed by atoms with Gasteiger partial charge in [0.05, 0.1) is 6.20 Å². The van der Waals surface area contributed by atoms with Crippen molar-refractivity contribution in [3.05, 3.63) is 11.9 Å². The maximum absolute atomic E-state index is 11.9. The van der Waals surface area contributed by atoms with Crippen molar-refractivity contribution in [1.82, 2.24) is 19.9 Å². The molecule has 1 fully saturated rings. The second kappa shape index (κ2) is 5.16. The van der Waals surface area contributed by atoms with Crippen LogP contribution in [0.15, 0.2) is 6.20 Å². The van der Waals surface area contributed by atoms with Crippen molar-refractivity contribution >= 4 is 11.9 Å². The van der Waals surface area contributed by atoms with E-state index in [1.807, 2.05) is 0 Å². The van der Waals surface area contributed by atoms with E-state index in [1.54, 1.807) is 4.90 Å². The van der Waals surface area contributed by atoms with E-state index in [9.17, 15) is 9.59 Å². The molecule has 2 rings (SSSR count). The minimum atomic E-state index is -1.14. The highest BCUT2D eigenvalue weighted by Gasteiger charge is 2.25. The predicted octanol–water partition coefficient (Wildman–Crippen LogP) is 0.235. The van der Waals surface area contributed by atoms with Crippen molar-refractivity contribution in [2.45, 2.75) is 26.3 Å². The van der Waals surface area contributed by atoms with Crippen LogP contribution in [0.3, 0.4) is 0 Å². The van der Waals surface area contributed by atoms with Gasteiger partial charge in [-0.2, -0.15) is 0 Å². The zero-order valence-electron chi connectivity index (χ0n) is 10.2. The molecule has 0 saturated carbocycles. The highest BCUT2D eigenvalue weighted by atomic mass is 16.4. The first kappa shape index (κ1) is 12.5. The van der Waals surface area contributed by atoms with Crippen molar-refractivity contribution < 1.29 is 14.7 Å². The Bertz CT molecular complexity index is 457. The molecule has 1 unspecified atom stereocenters. The lowest BCUT2D eigenvalue weighted by Gasteiger charge is -2.15. The molecular formula is C11H16N4O3. The highest BCUT2D eigenvalue weighted by molar-refractivity contribution is 5.84. The van der Waals surface area contributed by atoms with E-state index in [2.05, 4.69) is 17.2 Å². The maximum atomic E-state index is 11.9. The Labute approximate surface area is 104 Å². The quantitative estimate of drug-likeness (QED) is 0.829. The van der Waals surface area contributed by atoms with E-state index in [-0.39, 0.29) is 18.1 Å². The van der Waals surface area contributed by atoms with Crippen LogP contribution in [0.1, 0.15) is 30.3 Å². The molecule has 0 radical (unpaired) electrons. The van der Waals surface area contributed by atoms with E-state index >= 15 is 0 Å². The molecule has 7 heteroatoms. The van der Waals surface area contributed by atoms with Crippen LogP contribution in [0, 0.1) is 5.92 Å². The standard InChI is InChI=1S/C11H16N4O3/c1-2-8-3-4-14(5-8)10(16)7-15-6-9(11(17)18)12-13-15/h6,8H,2-5,7H2,1H3,(H,17,18). The van der Waals surface area contributed by atoms with Gasteiger partial charge in [-0.15, -0.1) is 5.10 Å². The summed E-state index contributed by atoms with van der Waals surface area (Å²) >= 11 is 0. The average Bonchev–Trinajstić information content (AvgIpc) is 2.96. The fraction of sp³-hybridized carbons (Fsp3) is 0.636. The lowest BCUT2D eigenvalue weighted by Crippen LogP contribution is -2.32. The molecule has 1 N–H and O–H groups in total. The summed E-state index contributed by atoms with van der Waals surface area (Å²) in [6.07, 6.45) is 3.39. The average molecular weight is 252 g/mol. The molecular weight excluding hydrogens is 236 g/mol. The minimum Gasteiger partial charge on any atom is -0.476 e. The van der Waals surface area contributed by atoms with Gasteiger partial charge in [0.2, 0.25) is 5.91 Å². The summed E-state index contributed by atoms with van der Waals surface area (Å²) in [6, 6.07) is 0. The van der Waals surface area contributed by atoms with Gasteiger partial charge in [0, 0.05) is 13.1 Å². The lowest BCUT2D eigenvalue weighted by atomic mass is 10.1. The first-order valence-electron chi connectivity index (χ1n) is 6.01. The monoisotopic (exact) mass is 252 g/mol. The van der Waals surface area contributed by atoms with Gasteiger partial charge in [-0.05, 0) is 12.3 Å². The number of aromatic nitrogens is 3. The van der Waals surface area contributed by atoms with Gasteiger partial charge in [-0.25, -0.2) is 9.48 Å². The summed E-state index contributed by atoms with van der Waals surface area (Å²) in [6.45, 7) is 3.74. The first-order valence-corrected chi connectivity index (χ1v) is 6.01. The summed E-state index contributed by atoms with van der Waals surface area (Å²) in [4.78, 5) is 24.4. The Morgan fingerprint density at radius 2 is 2.33 bits per heavy atom. The number of carbonyl (C=O) groups is 2. The van der Waals surface area contributed by atoms with Gasteiger partial charge in [0.1, 0.15) is 6.54 Å². The molecule has 0 aliphatic carbocycles. The normalized spacial score (nSPS) is 19.2. The Balaban J connectivity index is 1.93. The largest absolute Gasteiger partial charge is 0.476 e. The first-order chi connectivity index (χ1) is 8.60. The van der Waals surface area contributed by atoms with Crippen LogP contribution in [0.2, 0.25) is 0 Å². The number of aromatic carboxylic acids is 1. The van der Waals surface area contributed by atoms with Crippen molar-refractivity contribution in [2.24, 2.45) is 5.92 Å². The molecule has 0 bridgehead atoms. The second-order valence-corrected chi connectivity index (χ2v) is 4.51. The van der Waals surface area contributed by atoms with Crippen LogP contribution in [0.4, 0.5) is 0 Å². The van der Waals surface area contributed by atoms with Crippen LogP contribution in [-0.2, 0) is 11.3 Å². The third-order valence-electron chi connectivity index (χ3n) is 3.27. The van der Waals surface area contributed by atoms with Crippen LogP contribution in [-0.4, -0.2) is 50.0 Å². The number of amides is 1. The molecule has 98 valence electrons. The molecule has 0 aromatic carbocycles. The number of carboxylic acid groups (broad SMARTS) is 1. The fourth-order valence-corrected chi connectivity index (χ4v) is 2.10. The van der Waals surface area contributed by atoms with Gasteiger partial charge in [-0.1, -0.05) is 18.6 Å². The minimum absolute atomic E-state index is 0.0345. The zero-order valence-corrected chi connectivity index (χ0v) is 10.2. The Hall–Kier alpha value is -1.92. The van der Waals surface area contributed by atoms with Gasteiger partial charge in [0.15, 0.2) is 5.69 Å². The molecule has 1 amide bonds. The Morgan fingerprint density at radius 3 is 2.89 bits per heavy atom. The topological polar surface area (TPSA) is 88.3 Å². The zero-order chi connectivity index (χ0) is 13.1. The fourth-order valence-electron chi connectivity index (χ4n) is 2.10. The summed E-state index contributed by atoms with van der Waals surface area (Å²) < 4.78 is 1.27. The lowest BCUT2D eigenvalue weighted by molar-refractivity contribution is -0.131. The number of hydrogen-bond donors (Lipinski definition) is 1. The third-order valence-corrected chi connectivity index (χ3v) is 3.27. The molecule has 18 heavy (non-hydrogen) atoms. The molecule has 1 aromatic rings. The Kier molecular flexibility index (Phi) is 3.59. The smallest absolute Gasteiger partial charge is 0.358 e.